The van der Waals surface area contributed by atoms with Gasteiger partial charge in [0.2, 0.25) is 11.7 Å². The van der Waals surface area contributed by atoms with Crippen LogP contribution in [0.1, 0.15) is 22.8 Å². The summed E-state index contributed by atoms with van der Waals surface area (Å²) in [5.41, 5.74) is 2.06. The number of nitrogens with zero attached hydrogens (tertiary/aromatic N) is 1. The quantitative estimate of drug-likeness (QED) is 0.846. The molecule has 0 spiro atoms. The van der Waals surface area contributed by atoms with E-state index >= 15 is 0 Å². The number of carbonyl (C=O) groups is 2. The van der Waals surface area contributed by atoms with Crippen molar-refractivity contribution in [3.63, 3.8) is 0 Å². The Kier molecular flexibility index (Phi) is 5.21. The molecule has 2 amide bonds. The van der Waals surface area contributed by atoms with Gasteiger partial charge in [-0.3, -0.25) is 9.59 Å². The first kappa shape index (κ1) is 18.6. The molecule has 7 heteroatoms. The average molecular weight is 370 g/mol. The molecule has 0 aliphatic carbocycles. The number of rotatable bonds is 6. The molecule has 0 saturated carbocycles. The van der Waals surface area contributed by atoms with E-state index in [-0.39, 0.29) is 11.8 Å². The van der Waals surface area contributed by atoms with Crippen molar-refractivity contribution in [2.75, 3.05) is 26.6 Å². The normalized spacial score (nSPS) is 13.8. The number of fused-ring (bicyclic) bond motifs is 1. The van der Waals surface area contributed by atoms with Crippen molar-refractivity contribution >= 4 is 17.5 Å². The van der Waals surface area contributed by atoms with E-state index in [9.17, 15) is 9.59 Å². The number of benzene rings is 2. The molecule has 1 heterocycles. The molecule has 0 bridgehead atoms. The molecule has 1 aliphatic rings. The topological polar surface area (TPSA) is 77.1 Å². The number of amides is 2. The summed E-state index contributed by atoms with van der Waals surface area (Å²) in [5.74, 6) is 0.869. The molecule has 0 fully saturated rings. The molecule has 1 atom stereocenters. The Bertz CT molecular complexity index is 855. The van der Waals surface area contributed by atoms with Gasteiger partial charge in [-0.15, -0.1) is 0 Å². The number of nitrogens with one attached hydrogen (secondary N) is 1. The van der Waals surface area contributed by atoms with E-state index in [2.05, 4.69) is 5.32 Å². The third-order valence-electron chi connectivity index (χ3n) is 4.63. The van der Waals surface area contributed by atoms with Gasteiger partial charge in [0.1, 0.15) is 6.04 Å². The number of ether oxygens (including phenoxy) is 3. The molecule has 7 nitrogen and oxygen atoms in total. The molecule has 2 aromatic carbocycles. The second-order valence-corrected chi connectivity index (χ2v) is 6.17. The second-order valence-electron chi connectivity index (χ2n) is 6.17. The van der Waals surface area contributed by atoms with Gasteiger partial charge >= 0.3 is 0 Å². The maximum Gasteiger partial charge on any atom is 0.255 e. The van der Waals surface area contributed by atoms with Crippen molar-refractivity contribution in [1.29, 1.82) is 0 Å². The lowest BCUT2D eigenvalue weighted by Gasteiger charge is -2.23. The predicted molar refractivity (Wildman–Crippen MR) is 101 cm³/mol. The third kappa shape index (κ3) is 3.40. The number of hydrogen-bond acceptors (Lipinski definition) is 5. The highest BCUT2D eigenvalue weighted by molar-refractivity contribution is 6.03. The highest BCUT2D eigenvalue weighted by Crippen LogP contribution is 2.40. The third-order valence-corrected chi connectivity index (χ3v) is 4.63. The first-order valence-corrected chi connectivity index (χ1v) is 8.50. The molecule has 0 saturated heterocycles. The van der Waals surface area contributed by atoms with Crippen molar-refractivity contribution in [3.8, 4) is 17.2 Å². The van der Waals surface area contributed by atoms with Crippen LogP contribution in [0.3, 0.4) is 0 Å². The van der Waals surface area contributed by atoms with Crippen molar-refractivity contribution in [1.82, 2.24) is 4.90 Å². The highest BCUT2D eigenvalue weighted by Gasteiger charge is 2.33. The average Bonchev–Trinajstić information content (AvgIpc) is 3.03. The Balaban J connectivity index is 1.79. The number of hydrogen-bond donors (Lipinski definition) is 1. The Morgan fingerprint density at radius 1 is 1.07 bits per heavy atom. The van der Waals surface area contributed by atoms with Crippen LogP contribution >= 0.6 is 0 Å². The summed E-state index contributed by atoms with van der Waals surface area (Å²) in [6.07, 6.45) is 0. The molecule has 142 valence electrons. The lowest BCUT2D eigenvalue weighted by Crippen LogP contribution is -2.42. The first-order valence-electron chi connectivity index (χ1n) is 8.50. The minimum absolute atomic E-state index is 0.141. The first-order chi connectivity index (χ1) is 13.0. The molecule has 1 N–H and O–H groups in total. The van der Waals surface area contributed by atoms with Gasteiger partial charge in [0.15, 0.2) is 11.5 Å². The lowest BCUT2D eigenvalue weighted by atomic mass is 10.1. The van der Waals surface area contributed by atoms with Crippen molar-refractivity contribution in [2.45, 2.75) is 19.5 Å². The summed E-state index contributed by atoms with van der Waals surface area (Å²) >= 11 is 0. The summed E-state index contributed by atoms with van der Waals surface area (Å²) < 4.78 is 15.9. The van der Waals surface area contributed by atoms with Gasteiger partial charge in [-0.25, -0.2) is 0 Å². The van der Waals surface area contributed by atoms with Gasteiger partial charge < -0.3 is 24.4 Å². The van der Waals surface area contributed by atoms with E-state index in [1.54, 1.807) is 30.0 Å². The Hall–Kier alpha value is -3.22. The summed E-state index contributed by atoms with van der Waals surface area (Å²) in [5, 5.41) is 2.82. The van der Waals surface area contributed by atoms with Gasteiger partial charge in [-0.05, 0) is 18.6 Å². The van der Waals surface area contributed by atoms with Crippen LogP contribution in [0.15, 0.2) is 36.4 Å². The maximum atomic E-state index is 12.7. The van der Waals surface area contributed by atoms with E-state index in [0.29, 0.717) is 35.0 Å². The van der Waals surface area contributed by atoms with Crippen molar-refractivity contribution in [3.05, 3.63) is 47.5 Å². The van der Waals surface area contributed by atoms with Crippen LogP contribution < -0.4 is 19.5 Å². The summed E-state index contributed by atoms with van der Waals surface area (Å²) in [4.78, 5) is 26.9. The van der Waals surface area contributed by atoms with E-state index in [0.717, 1.165) is 5.56 Å². The van der Waals surface area contributed by atoms with Gasteiger partial charge in [-0.2, -0.15) is 0 Å². The lowest BCUT2D eigenvalue weighted by molar-refractivity contribution is -0.120. The molecule has 2 aromatic rings. The molecule has 0 radical (unpaired) electrons. The molecule has 0 unspecified atom stereocenters. The van der Waals surface area contributed by atoms with Crippen molar-refractivity contribution in [2.24, 2.45) is 0 Å². The number of methoxy groups -OCH3 is 3. The van der Waals surface area contributed by atoms with Crippen LogP contribution in [-0.4, -0.2) is 44.1 Å². The zero-order valence-corrected chi connectivity index (χ0v) is 15.7. The van der Waals surface area contributed by atoms with Gasteiger partial charge in [-0.1, -0.05) is 18.2 Å². The summed E-state index contributed by atoms with van der Waals surface area (Å²) in [6.45, 7) is 2.12. The predicted octanol–water partition coefficient (Wildman–Crippen LogP) is 2.70. The fourth-order valence-corrected chi connectivity index (χ4v) is 3.13. The number of carbonyl (C=O) groups excluding carboxylic acids is 2. The molecule has 0 aromatic heterocycles. The SMILES string of the molecule is COc1cc(NC(=O)[C@H](C)N2Cc3ccccc3C2=O)cc(OC)c1OC. The Morgan fingerprint density at radius 2 is 1.70 bits per heavy atom. The minimum atomic E-state index is -0.635. The van der Waals surface area contributed by atoms with Crippen LogP contribution in [0, 0.1) is 0 Å². The van der Waals surface area contributed by atoms with Crippen LogP contribution in [-0.2, 0) is 11.3 Å². The van der Waals surface area contributed by atoms with Gasteiger partial charge in [0, 0.05) is 29.9 Å². The Labute approximate surface area is 157 Å². The van der Waals surface area contributed by atoms with E-state index in [1.807, 2.05) is 18.2 Å². The van der Waals surface area contributed by atoms with Gasteiger partial charge in [0.25, 0.3) is 5.91 Å². The maximum absolute atomic E-state index is 12.7. The standard InChI is InChI=1S/C20H22N2O5/c1-12(22-11-13-7-5-6-8-15(13)20(22)24)19(23)21-14-9-16(25-2)18(27-4)17(10-14)26-3/h5-10,12H,11H2,1-4H3,(H,21,23)/t12-/m0/s1. The highest BCUT2D eigenvalue weighted by atomic mass is 16.5. The second kappa shape index (κ2) is 7.57. The summed E-state index contributed by atoms with van der Waals surface area (Å²) in [6, 6.07) is 10.0. The molecule has 3 rings (SSSR count). The fourth-order valence-electron chi connectivity index (χ4n) is 3.13. The fraction of sp³-hybridized carbons (Fsp3) is 0.300. The minimum Gasteiger partial charge on any atom is -0.493 e. The molecule has 1 aliphatic heterocycles. The van der Waals surface area contributed by atoms with Crippen LogP contribution in [0.4, 0.5) is 5.69 Å². The van der Waals surface area contributed by atoms with Crippen LogP contribution in [0.25, 0.3) is 0 Å². The zero-order valence-electron chi connectivity index (χ0n) is 15.7. The monoisotopic (exact) mass is 370 g/mol. The molecule has 27 heavy (non-hydrogen) atoms. The summed E-state index contributed by atoms with van der Waals surface area (Å²) in [7, 11) is 4.52. The van der Waals surface area contributed by atoms with Crippen LogP contribution in [0.5, 0.6) is 17.2 Å². The van der Waals surface area contributed by atoms with Gasteiger partial charge in [0.05, 0.1) is 21.3 Å². The largest absolute Gasteiger partial charge is 0.493 e. The smallest absolute Gasteiger partial charge is 0.255 e. The zero-order chi connectivity index (χ0) is 19.6. The Morgan fingerprint density at radius 3 is 2.26 bits per heavy atom. The van der Waals surface area contributed by atoms with E-state index in [4.69, 9.17) is 14.2 Å². The molecular weight excluding hydrogens is 348 g/mol. The van der Waals surface area contributed by atoms with Crippen LogP contribution in [0.2, 0.25) is 0 Å². The molecular formula is C20H22N2O5. The van der Waals surface area contributed by atoms with Crippen molar-refractivity contribution < 1.29 is 23.8 Å². The number of anilines is 1. The van der Waals surface area contributed by atoms with E-state index in [1.165, 1.54) is 21.3 Å². The van der Waals surface area contributed by atoms with E-state index < -0.39 is 6.04 Å².